The number of rotatable bonds is 2. The van der Waals surface area contributed by atoms with Gasteiger partial charge in [0.25, 0.3) is 5.56 Å². The van der Waals surface area contributed by atoms with E-state index in [9.17, 15) is 9.59 Å². The van der Waals surface area contributed by atoms with Gasteiger partial charge in [-0.3, -0.25) is 13.9 Å². The van der Waals surface area contributed by atoms with Crippen molar-refractivity contribution in [2.75, 3.05) is 13.1 Å². The number of imidazole rings is 1. The highest BCUT2D eigenvalue weighted by molar-refractivity contribution is 5.69. The summed E-state index contributed by atoms with van der Waals surface area (Å²) in [5.41, 5.74) is -0.796. The molecule has 19 heavy (non-hydrogen) atoms. The van der Waals surface area contributed by atoms with E-state index in [1.807, 2.05) is 0 Å². The zero-order valence-corrected chi connectivity index (χ0v) is 10.3. The normalized spacial score (nSPS) is 24.9. The average Bonchev–Trinajstić information content (AvgIpc) is 2.93. The Morgan fingerprint density at radius 1 is 1.37 bits per heavy atom. The number of fused-ring (bicyclic) bond motifs is 1. The monoisotopic (exact) mass is 270 g/mol. The van der Waals surface area contributed by atoms with Crippen molar-refractivity contribution < 1.29 is 15.0 Å². The Labute approximate surface area is 113 Å². The molecule has 1 aliphatic rings. The van der Waals surface area contributed by atoms with Crippen LogP contribution in [0, 0.1) is 0 Å². The number of ether oxygens (including phenoxy) is 2. The van der Waals surface area contributed by atoms with Gasteiger partial charge < -0.3 is 14.0 Å². The Kier molecular flexibility index (Phi) is 1.88. The molecule has 0 spiro atoms. The van der Waals surface area contributed by atoms with Gasteiger partial charge in [-0.1, -0.05) is 0 Å². The lowest BCUT2D eigenvalue weighted by atomic mass is 10.5. The molecule has 8 nitrogen and oxygen atoms in total. The number of hydrogen-bond acceptors (Lipinski definition) is 5. The molecule has 3 rings (SSSR count). The highest BCUT2D eigenvalue weighted by atomic mass is 16.7. The van der Waals surface area contributed by atoms with Gasteiger partial charge in [-0.05, 0) is 0 Å². The van der Waals surface area contributed by atoms with Crippen LogP contribution in [0.4, 0.5) is 0 Å². The third-order valence-electron chi connectivity index (χ3n) is 2.99. The fraction of sp³-hybridized carbons (Fsp3) is 0.545. The van der Waals surface area contributed by atoms with Crippen molar-refractivity contribution in [1.82, 2.24) is 18.7 Å². The zero-order chi connectivity index (χ0) is 17.2. The highest BCUT2D eigenvalue weighted by Gasteiger charge is 2.20. The summed E-state index contributed by atoms with van der Waals surface area (Å²) >= 11 is 0. The van der Waals surface area contributed by atoms with Crippen molar-refractivity contribution in [3.63, 3.8) is 0 Å². The second kappa shape index (κ2) is 4.32. The van der Waals surface area contributed by atoms with Crippen molar-refractivity contribution in [3.8, 4) is 0 Å². The van der Waals surface area contributed by atoms with E-state index in [0.717, 1.165) is 4.57 Å². The van der Waals surface area contributed by atoms with Gasteiger partial charge in [0.1, 0.15) is 0 Å². The van der Waals surface area contributed by atoms with Gasteiger partial charge in [-0.15, -0.1) is 0 Å². The van der Waals surface area contributed by atoms with Crippen LogP contribution in [0.2, 0.25) is 0 Å². The van der Waals surface area contributed by atoms with E-state index >= 15 is 0 Å². The third-order valence-corrected chi connectivity index (χ3v) is 2.99. The summed E-state index contributed by atoms with van der Waals surface area (Å²) in [6, 6.07) is 0. The van der Waals surface area contributed by atoms with Gasteiger partial charge in [-0.25, -0.2) is 9.78 Å². The lowest BCUT2D eigenvalue weighted by Crippen LogP contribution is -2.37. The summed E-state index contributed by atoms with van der Waals surface area (Å²) in [6.45, 7) is -5.36. The second-order valence-corrected chi connectivity index (χ2v) is 4.14. The van der Waals surface area contributed by atoms with Crippen LogP contribution in [0.1, 0.15) is 5.48 Å². The minimum Gasteiger partial charge on any atom is -0.348 e. The molecular weight excluding hydrogens is 252 g/mol. The first-order chi connectivity index (χ1) is 10.5. The maximum Gasteiger partial charge on any atom is 0.332 e. The molecule has 1 fully saturated rings. The van der Waals surface area contributed by atoms with Crippen LogP contribution in [0.3, 0.4) is 0 Å². The molecule has 0 unspecified atom stereocenters. The third kappa shape index (κ3) is 1.80. The molecule has 0 aromatic carbocycles. The van der Waals surface area contributed by atoms with Crippen LogP contribution in [-0.4, -0.2) is 38.1 Å². The number of aromatic nitrogens is 4. The molecule has 8 heteroatoms. The Bertz CT molecular complexity index is 884. The van der Waals surface area contributed by atoms with Gasteiger partial charge in [0, 0.05) is 14.1 Å². The Morgan fingerprint density at radius 2 is 2.05 bits per heavy atom. The summed E-state index contributed by atoms with van der Waals surface area (Å²) in [7, 11) is 2.81. The maximum atomic E-state index is 12.3. The predicted molar refractivity (Wildman–Crippen MR) is 65.9 cm³/mol. The van der Waals surface area contributed by atoms with E-state index in [2.05, 4.69) is 4.98 Å². The fourth-order valence-electron chi connectivity index (χ4n) is 1.97. The van der Waals surface area contributed by atoms with E-state index in [0.29, 0.717) is 0 Å². The van der Waals surface area contributed by atoms with E-state index in [1.54, 1.807) is 0 Å². The standard InChI is InChI=1S/C11H14N4O4/c1-13-9-8(10(16)14(2)11(13)17)15(6-12-9)5-7-18-3-4-19-7/h6-7H,3-5H2,1-2H3/i3D2,4D2. The Balaban J connectivity index is 2.04. The van der Waals surface area contributed by atoms with Gasteiger partial charge in [0.05, 0.1) is 31.5 Å². The second-order valence-electron chi connectivity index (χ2n) is 4.14. The lowest BCUT2D eigenvalue weighted by molar-refractivity contribution is -0.0518. The van der Waals surface area contributed by atoms with Crippen molar-refractivity contribution in [1.29, 1.82) is 0 Å². The van der Waals surface area contributed by atoms with Crippen LogP contribution in [0.5, 0.6) is 0 Å². The largest absolute Gasteiger partial charge is 0.348 e. The average molecular weight is 270 g/mol. The first-order valence-corrected chi connectivity index (χ1v) is 5.51. The molecule has 102 valence electrons. The molecule has 0 N–H and O–H groups in total. The van der Waals surface area contributed by atoms with Crippen molar-refractivity contribution in [2.45, 2.75) is 12.8 Å². The quantitative estimate of drug-likeness (QED) is 0.685. The van der Waals surface area contributed by atoms with Crippen LogP contribution in [0.15, 0.2) is 15.9 Å². The molecule has 0 amide bonds. The minimum atomic E-state index is -2.61. The summed E-state index contributed by atoms with van der Waals surface area (Å²) in [6.07, 6.45) is 0.0566. The van der Waals surface area contributed by atoms with Crippen molar-refractivity contribution >= 4 is 11.2 Å². The number of nitrogens with zero attached hydrogens (tertiary/aromatic N) is 4. The molecule has 0 aliphatic carbocycles. The molecule has 1 aliphatic heterocycles. The van der Waals surface area contributed by atoms with E-state index in [-0.39, 0.29) is 17.7 Å². The molecule has 3 heterocycles. The van der Waals surface area contributed by atoms with Gasteiger partial charge in [0.15, 0.2) is 17.5 Å². The van der Waals surface area contributed by atoms with E-state index in [4.69, 9.17) is 15.0 Å². The topological polar surface area (TPSA) is 80.3 Å². The zero-order valence-electron chi connectivity index (χ0n) is 14.3. The smallest absolute Gasteiger partial charge is 0.332 e. The molecule has 2 aromatic rings. The number of aryl methyl sites for hydroxylation is 1. The molecule has 0 atom stereocenters. The Hall–Kier alpha value is -1.93. The summed E-state index contributed by atoms with van der Waals surface area (Å²) < 4.78 is 43.2. The van der Waals surface area contributed by atoms with Crippen molar-refractivity contribution in [3.05, 3.63) is 27.2 Å². The molecule has 0 bridgehead atoms. The van der Waals surface area contributed by atoms with Crippen molar-refractivity contribution in [2.24, 2.45) is 14.1 Å². The lowest BCUT2D eigenvalue weighted by Gasteiger charge is -2.10. The molecule has 0 radical (unpaired) electrons. The highest BCUT2D eigenvalue weighted by Crippen LogP contribution is 2.11. The van der Waals surface area contributed by atoms with Crippen LogP contribution in [-0.2, 0) is 30.1 Å². The maximum absolute atomic E-state index is 12.3. The summed E-state index contributed by atoms with van der Waals surface area (Å²) in [5.74, 6) is 0. The van der Waals surface area contributed by atoms with Gasteiger partial charge >= 0.3 is 5.69 Å². The molecule has 1 saturated heterocycles. The Morgan fingerprint density at radius 3 is 2.74 bits per heavy atom. The van der Waals surface area contributed by atoms with E-state index in [1.165, 1.54) is 29.6 Å². The molecular formula is C11H14N4O4. The SMILES string of the molecule is [2H]C1([2H])OC(Cn2cnc3c2c(=O)n(C)c(=O)n3C)OC1([2H])[2H]. The number of hydrogen-bond donors (Lipinski definition) is 0. The fourth-order valence-corrected chi connectivity index (χ4v) is 1.97. The summed E-state index contributed by atoms with van der Waals surface area (Å²) in [5, 5.41) is 0. The van der Waals surface area contributed by atoms with Crippen LogP contribution >= 0.6 is 0 Å². The van der Waals surface area contributed by atoms with E-state index < -0.39 is 30.7 Å². The summed E-state index contributed by atoms with van der Waals surface area (Å²) in [4.78, 5) is 28.1. The van der Waals surface area contributed by atoms with Gasteiger partial charge in [-0.2, -0.15) is 0 Å². The molecule has 0 saturated carbocycles. The van der Waals surface area contributed by atoms with Crippen LogP contribution < -0.4 is 11.2 Å². The first kappa shape index (κ1) is 8.28. The molecule has 2 aromatic heterocycles. The van der Waals surface area contributed by atoms with Crippen LogP contribution in [0.25, 0.3) is 11.2 Å². The minimum absolute atomic E-state index is 0.120. The predicted octanol–water partition coefficient (Wildman–Crippen LogP) is -1.19. The van der Waals surface area contributed by atoms with Gasteiger partial charge in [0.2, 0.25) is 0 Å². The first-order valence-electron chi connectivity index (χ1n) is 7.51.